The van der Waals surface area contributed by atoms with Crippen molar-refractivity contribution in [1.29, 1.82) is 0 Å². The van der Waals surface area contributed by atoms with Crippen molar-refractivity contribution in [1.82, 2.24) is 14.7 Å². The van der Waals surface area contributed by atoms with Crippen LogP contribution in [0.1, 0.15) is 34.9 Å². The predicted molar refractivity (Wildman–Crippen MR) is 85.5 cm³/mol. The number of rotatable bonds is 5. The van der Waals surface area contributed by atoms with Crippen molar-refractivity contribution < 1.29 is 18.7 Å². The van der Waals surface area contributed by atoms with Gasteiger partial charge in [0.1, 0.15) is 11.4 Å². The zero-order valence-corrected chi connectivity index (χ0v) is 13.4. The molecule has 0 radical (unpaired) electrons. The van der Waals surface area contributed by atoms with Crippen LogP contribution in [0.3, 0.4) is 0 Å². The number of aryl methyl sites for hydroxylation is 1. The Morgan fingerprint density at radius 3 is 2.88 bits per heavy atom. The Labute approximate surface area is 138 Å². The highest BCUT2D eigenvalue weighted by atomic mass is 16.5. The molecule has 3 aromatic rings. The SMILES string of the molecule is Cc1cccc2nc(C(=O)OCC(=O)NC(C)c3ccco3)cn12. The average molecular weight is 327 g/mol. The summed E-state index contributed by atoms with van der Waals surface area (Å²) in [5, 5.41) is 2.69. The van der Waals surface area contributed by atoms with Gasteiger partial charge in [0, 0.05) is 11.9 Å². The second-order valence-corrected chi connectivity index (χ2v) is 5.40. The molecular formula is C17H17N3O4. The molecule has 0 fully saturated rings. The molecule has 0 aliphatic rings. The molecule has 0 aliphatic heterocycles. The summed E-state index contributed by atoms with van der Waals surface area (Å²) in [6, 6.07) is 8.76. The molecule has 3 heterocycles. The third-order valence-electron chi connectivity index (χ3n) is 3.59. The summed E-state index contributed by atoms with van der Waals surface area (Å²) >= 11 is 0. The quantitative estimate of drug-likeness (QED) is 0.727. The van der Waals surface area contributed by atoms with Crippen LogP contribution < -0.4 is 5.32 Å². The molecule has 24 heavy (non-hydrogen) atoms. The molecule has 124 valence electrons. The van der Waals surface area contributed by atoms with Gasteiger partial charge in [-0.1, -0.05) is 6.07 Å². The first-order valence-electron chi connectivity index (χ1n) is 7.49. The van der Waals surface area contributed by atoms with Crippen molar-refractivity contribution in [3.8, 4) is 0 Å². The molecule has 0 spiro atoms. The van der Waals surface area contributed by atoms with Gasteiger partial charge in [-0.25, -0.2) is 9.78 Å². The molecule has 1 amide bonds. The minimum absolute atomic E-state index is 0.163. The van der Waals surface area contributed by atoms with Gasteiger partial charge in [0.2, 0.25) is 0 Å². The third-order valence-corrected chi connectivity index (χ3v) is 3.59. The number of carbonyl (C=O) groups excluding carboxylic acids is 2. The van der Waals surface area contributed by atoms with Gasteiger partial charge in [0.15, 0.2) is 12.3 Å². The van der Waals surface area contributed by atoms with Crippen LogP contribution in [0.4, 0.5) is 0 Å². The van der Waals surface area contributed by atoms with Crippen molar-refractivity contribution in [3.63, 3.8) is 0 Å². The van der Waals surface area contributed by atoms with E-state index in [9.17, 15) is 9.59 Å². The highest BCUT2D eigenvalue weighted by Crippen LogP contribution is 2.12. The molecule has 1 N–H and O–H groups in total. The fourth-order valence-corrected chi connectivity index (χ4v) is 2.34. The van der Waals surface area contributed by atoms with Gasteiger partial charge in [0.05, 0.1) is 12.3 Å². The number of amides is 1. The summed E-state index contributed by atoms with van der Waals surface area (Å²) in [5.74, 6) is -0.420. The molecule has 7 heteroatoms. The summed E-state index contributed by atoms with van der Waals surface area (Å²) in [6.45, 7) is 3.31. The Morgan fingerprint density at radius 2 is 2.17 bits per heavy atom. The van der Waals surface area contributed by atoms with Crippen molar-refractivity contribution in [2.75, 3.05) is 6.61 Å². The van der Waals surface area contributed by atoms with Gasteiger partial charge in [-0.15, -0.1) is 0 Å². The van der Waals surface area contributed by atoms with Crippen LogP contribution in [-0.4, -0.2) is 27.9 Å². The number of imidazole rings is 1. The van der Waals surface area contributed by atoms with Gasteiger partial charge >= 0.3 is 5.97 Å². The number of hydrogen-bond acceptors (Lipinski definition) is 5. The molecule has 3 rings (SSSR count). The largest absolute Gasteiger partial charge is 0.467 e. The standard InChI is InChI=1S/C17H17N3O4/c1-11-5-3-7-15-19-13(9-20(11)15)17(22)24-10-16(21)18-12(2)14-6-4-8-23-14/h3-9,12H,10H2,1-2H3,(H,18,21). The van der Waals surface area contributed by atoms with Crippen LogP contribution in [0.25, 0.3) is 5.65 Å². The predicted octanol–water partition coefficient (Wildman–Crippen LogP) is 2.27. The lowest BCUT2D eigenvalue weighted by Gasteiger charge is -2.11. The smallest absolute Gasteiger partial charge is 0.359 e. The van der Waals surface area contributed by atoms with E-state index in [1.54, 1.807) is 35.7 Å². The number of nitrogens with zero attached hydrogens (tertiary/aromatic N) is 2. The summed E-state index contributed by atoms with van der Waals surface area (Å²) in [5.41, 5.74) is 1.76. The molecular weight excluding hydrogens is 310 g/mol. The lowest BCUT2D eigenvalue weighted by Crippen LogP contribution is -2.31. The van der Waals surface area contributed by atoms with E-state index >= 15 is 0 Å². The van der Waals surface area contributed by atoms with E-state index in [-0.39, 0.29) is 18.3 Å². The summed E-state index contributed by atoms with van der Waals surface area (Å²) in [6.07, 6.45) is 3.12. The Bertz CT molecular complexity index is 867. The van der Waals surface area contributed by atoms with Crippen molar-refractivity contribution in [2.24, 2.45) is 0 Å². The fourth-order valence-electron chi connectivity index (χ4n) is 2.34. The molecule has 0 saturated carbocycles. The molecule has 7 nitrogen and oxygen atoms in total. The van der Waals surface area contributed by atoms with Crippen LogP contribution in [-0.2, 0) is 9.53 Å². The Balaban J connectivity index is 1.58. The van der Waals surface area contributed by atoms with E-state index in [0.717, 1.165) is 5.69 Å². The maximum Gasteiger partial charge on any atom is 0.359 e. The van der Waals surface area contributed by atoms with Crippen LogP contribution in [0.5, 0.6) is 0 Å². The highest BCUT2D eigenvalue weighted by Gasteiger charge is 2.16. The molecule has 0 saturated heterocycles. The zero-order valence-electron chi connectivity index (χ0n) is 13.4. The topological polar surface area (TPSA) is 85.8 Å². The summed E-state index contributed by atoms with van der Waals surface area (Å²) in [7, 11) is 0. The Hall–Kier alpha value is -3.09. The van der Waals surface area contributed by atoms with E-state index in [4.69, 9.17) is 9.15 Å². The molecule has 0 aliphatic carbocycles. The molecule has 1 atom stereocenters. The number of pyridine rings is 1. The second kappa shape index (κ2) is 6.57. The number of fused-ring (bicyclic) bond motifs is 1. The maximum atomic E-state index is 12.0. The van der Waals surface area contributed by atoms with Crippen molar-refractivity contribution in [3.05, 3.63) is 59.9 Å². The Morgan fingerprint density at radius 1 is 1.33 bits per heavy atom. The number of carbonyl (C=O) groups is 2. The normalized spacial score (nSPS) is 12.1. The minimum Gasteiger partial charge on any atom is -0.467 e. The number of ether oxygens (including phenoxy) is 1. The van der Waals surface area contributed by atoms with Gasteiger partial charge < -0.3 is 18.9 Å². The number of aromatic nitrogens is 2. The van der Waals surface area contributed by atoms with Crippen molar-refractivity contribution >= 4 is 17.5 Å². The zero-order chi connectivity index (χ0) is 17.1. The average Bonchev–Trinajstić information content (AvgIpc) is 3.22. The van der Waals surface area contributed by atoms with Crippen LogP contribution in [0.2, 0.25) is 0 Å². The molecule has 0 bridgehead atoms. The second-order valence-electron chi connectivity index (χ2n) is 5.40. The van der Waals surface area contributed by atoms with Crippen molar-refractivity contribution in [2.45, 2.75) is 19.9 Å². The van der Waals surface area contributed by atoms with Crippen LogP contribution in [0, 0.1) is 6.92 Å². The van der Waals surface area contributed by atoms with Gasteiger partial charge in [0.25, 0.3) is 5.91 Å². The van der Waals surface area contributed by atoms with Gasteiger partial charge in [-0.2, -0.15) is 0 Å². The fraction of sp³-hybridized carbons (Fsp3) is 0.235. The number of hydrogen-bond donors (Lipinski definition) is 1. The highest BCUT2D eigenvalue weighted by molar-refractivity contribution is 5.90. The first-order valence-corrected chi connectivity index (χ1v) is 7.49. The van der Waals surface area contributed by atoms with Gasteiger partial charge in [-0.3, -0.25) is 4.79 Å². The number of esters is 1. The molecule has 3 aromatic heterocycles. The third kappa shape index (κ3) is 3.29. The lowest BCUT2D eigenvalue weighted by molar-refractivity contribution is -0.125. The maximum absolute atomic E-state index is 12.0. The van der Waals surface area contributed by atoms with E-state index < -0.39 is 11.9 Å². The monoisotopic (exact) mass is 327 g/mol. The van der Waals surface area contributed by atoms with E-state index in [1.807, 2.05) is 19.1 Å². The lowest BCUT2D eigenvalue weighted by atomic mass is 10.2. The minimum atomic E-state index is -0.640. The van der Waals surface area contributed by atoms with Gasteiger partial charge in [-0.05, 0) is 38.1 Å². The number of nitrogens with one attached hydrogen (secondary N) is 1. The van der Waals surface area contributed by atoms with E-state index in [2.05, 4.69) is 10.3 Å². The van der Waals surface area contributed by atoms with Crippen LogP contribution >= 0.6 is 0 Å². The van der Waals surface area contributed by atoms with E-state index in [0.29, 0.717) is 11.4 Å². The van der Waals surface area contributed by atoms with E-state index in [1.165, 1.54) is 6.26 Å². The molecule has 0 aromatic carbocycles. The first kappa shape index (κ1) is 15.8. The first-order chi connectivity index (χ1) is 11.5. The Kier molecular flexibility index (Phi) is 4.33. The molecule has 1 unspecified atom stereocenters. The number of furan rings is 1. The summed E-state index contributed by atoms with van der Waals surface area (Å²) in [4.78, 5) is 28.1. The summed E-state index contributed by atoms with van der Waals surface area (Å²) < 4.78 is 12.0. The van der Waals surface area contributed by atoms with Crippen LogP contribution in [0.15, 0.2) is 47.2 Å².